The molecule has 1 aliphatic heterocycles. The zero-order valence-corrected chi connectivity index (χ0v) is 17.6. The molecule has 1 aromatic heterocycles. The van der Waals surface area contributed by atoms with Gasteiger partial charge >= 0.3 is 0 Å². The number of likely N-dealkylation sites (tertiary alicyclic amines) is 1. The van der Waals surface area contributed by atoms with Crippen LogP contribution in [0.1, 0.15) is 29.6 Å². The molecule has 3 aromatic rings. The number of carbonyl (C=O) groups excluding carboxylic acids is 2. The fourth-order valence-electron chi connectivity index (χ4n) is 3.60. The maximum absolute atomic E-state index is 13.2. The van der Waals surface area contributed by atoms with E-state index in [0.717, 1.165) is 18.5 Å². The molecule has 2 heterocycles. The fourth-order valence-corrected chi connectivity index (χ4v) is 4.05. The molecule has 1 atom stereocenters. The summed E-state index contributed by atoms with van der Waals surface area (Å²) >= 11 is 12.1. The summed E-state index contributed by atoms with van der Waals surface area (Å²) in [5, 5.41) is 7.88. The number of amides is 2. The highest BCUT2D eigenvalue weighted by molar-refractivity contribution is 6.36. The van der Waals surface area contributed by atoms with Crippen LogP contribution in [0.25, 0.3) is 5.69 Å². The molecule has 30 heavy (non-hydrogen) atoms. The summed E-state index contributed by atoms with van der Waals surface area (Å²) in [4.78, 5) is 27.8. The quantitative estimate of drug-likeness (QED) is 0.629. The van der Waals surface area contributed by atoms with Gasteiger partial charge in [-0.3, -0.25) is 9.59 Å². The van der Waals surface area contributed by atoms with Crippen LogP contribution >= 0.6 is 23.2 Å². The first-order valence-electron chi connectivity index (χ1n) is 9.70. The van der Waals surface area contributed by atoms with Gasteiger partial charge in [-0.25, -0.2) is 4.68 Å². The molecule has 8 heteroatoms. The summed E-state index contributed by atoms with van der Waals surface area (Å²) in [7, 11) is 0. The molecule has 0 aliphatic carbocycles. The molecule has 0 bridgehead atoms. The number of carbonyl (C=O) groups is 2. The number of hydrogen-bond donors (Lipinski definition) is 1. The lowest BCUT2D eigenvalue weighted by molar-refractivity contribution is -0.121. The Kier molecular flexibility index (Phi) is 6.06. The van der Waals surface area contributed by atoms with E-state index < -0.39 is 6.04 Å². The zero-order valence-electron chi connectivity index (χ0n) is 16.1. The molecule has 154 valence electrons. The maximum Gasteiger partial charge on any atom is 0.254 e. The average molecular weight is 443 g/mol. The van der Waals surface area contributed by atoms with Crippen LogP contribution in [0.2, 0.25) is 10.0 Å². The van der Waals surface area contributed by atoms with Crippen molar-refractivity contribution in [3.8, 4) is 5.69 Å². The highest BCUT2D eigenvalue weighted by Crippen LogP contribution is 2.27. The third kappa shape index (κ3) is 4.35. The summed E-state index contributed by atoms with van der Waals surface area (Å²) in [6, 6.07) is 13.4. The summed E-state index contributed by atoms with van der Waals surface area (Å²) < 4.78 is 1.72. The molecular formula is C22H20Cl2N4O2. The number of nitrogens with one attached hydrogen (secondary N) is 1. The molecule has 1 fully saturated rings. The molecule has 1 saturated heterocycles. The molecule has 1 unspecified atom stereocenters. The smallest absolute Gasteiger partial charge is 0.254 e. The minimum Gasteiger partial charge on any atom is -0.327 e. The summed E-state index contributed by atoms with van der Waals surface area (Å²) in [6.45, 7) is 0.534. The SMILES string of the molecule is O=C(Nc1ccc(Cl)cc1Cl)C1CCCCN1C(=O)c1ccc(-n2cccn2)cc1. The van der Waals surface area contributed by atoms with Gasteiger partial charge in [0.2, 0.25) is 5.91 Å². The van der Waals surface area contributed by atoms with Crippen molar-refractivity contribution in [2.75, 3.05) is 11.9 Å². The van der Waals surface area contributed by atoms with Crippen molar-refractivity contribution in [2.24, 2.45) is 0 Å². The molecule has 0 radical (unpaired) electrons. The molecule has 2 aromatic carbocycles. The maximum atomic E-state index is 13.2. The molecule has 2 amide bonds. The molecule has 6 nitrogen and oxygen atoms in total. The van der Waals surface area contributed by atoms with Gasteiger partial charge in [-0.15, -0.1) is 0 Å². The molecule has 1 N–H and O–H groups in total. The van der Waals surface area contributed by atoms with Gasteiger partial charge in [0.1, 0.15) is 6.04 Å². The first-order chi connectivity index (χ1) is 14.5. The van der Waals surface area contributed by atoms with Crippen LogP contribution in [0.3, 0.4) is 0 Å². The third-order valence-electron chi connectivity index (χ3n) is 5.14. The molecular weight excluding hydrogens is 423 g/mol. The Hall–Kier alpha value is -2.83. The van der Waals surface area contributed by atoms with E-state index in [2.05, 4.69) is 10.4 Å². The predicted molar refractivity (Wildman–Crippen MR) is 117 cm³/mol. The van der Waals surface area contributed by atoms with E-state index in [9.17, 15) is 9.59 Å². The van der Waals surface area contributed by atoms with Crippen molar-refractivity contribution in [1.29, 1.82) is 0 Å². The lowest BCUT2D eigenvalue weighted by Gasteiger charge is -2.35. The highest BCUT2D eigenvalue weighted by Gasteiger charge is 2.33. The summed E-state index contributed by atoms with van der Waals surface area (Å²) in [5.74, 6) is -0.412. The number of piperidine rings is 1. The molecule has 1 aliphatic rings. The number of nitrogens with zero attached hydrogens (tertiary/aromatic N) is 3. The van der Waals surface area contributed by atoms with Crippen LogP contribution in [0, 0.1) is 0 Å². The van der Waals surface area contributed by atoms with E-state index in [-0.39, 0.29) is 11.8 Å². The number of hydrogen-bond acceptors (Lipinski definition) is 3. The second kappa shape index (κ2) is 8.90. The highest BCUT2D eigenvalue weighted by atomic mass is 35.5. The van der Waals surface area contributed by atoms with Crippen molar-refractivity contribution in [3.63, 3.8) is 0 Å². The number of rotatable bonds is 4. The average Bonchev–Trinajstić information content (AvgIpc) is 3.30. The van der Waals surface area contributed by atoms with Gasteiger partial charge in [0.25, 0.3) is 5.91 Å². The zero-order chi connectivity index (χ0) is 21.1. The van der Waals surface area contributed by atoms with Gasteiger partial charge in [-0.05, 0) is 67.8 Å². The molecule has 0 spiro atoms. The van der Waals surface area contributed by atoms with E-state index in [1.165, 1.54) is 0 Å². The van der Waals surface area contributed by atoms with Crippen molar-refractivity contribution >= 4 is 40.7 Å². The first-order valence-corrected chi connectivity index (χ1v) is 10.5. The lowest BCUT2D eigenvalue weighted by Crippen LogP contribution is -2.50. The Morgan fingerprint density at radius 1 is 1.07 bits per heavy atom. The number of aromatic nitrogens is 2. The standard InChI is InChI=1S/C22H20Cl2N4O2/c23-16-7-10-19(18(24)14-16)26-21(29)20-4-1-2-12-27(20)22(30)15-5-8-17(9-6-15)28-13-3-11-25-28/h3,5-11,13-14,20H,1-2,4,12H2,(H,26,29). The summed E-state index contributed by atoms with van der Waals surface area (Å²) in [6.07, 6.45) is 5.89. The Balaban J connectivity index is 1.51. The first kappa shape index (κ1) is 20.4. The van der Waals surface area contributed by atoms with Crippen molar-refractivity contribution in [1.82, 2.24) is 14.7 Å². The Morgan fingerprint density at radius 2 is 1.87 bits per heavy atom. The van der Waals surface area contributed by atoms with Gasteiger partial charge in [0.05, 0.1) is 16.4 Å². The Labute approximate surface area is 184 Å². The molecule has 0 saturated carbocycles. The van der Waals surface area contributed by atoms with Crippen LogP contribution in [-0.4, -0.2) is 39.1 Å². The van der Waals surface area contributed by atoms with Crippen molar-refractivity contribution in [3.05, 3.63) is 76.5 Å². The normalized spacial score (nSPS) is 16.3. The second-order valence-corrected chi connectivity index (χ2v) is 7.96. The van der Waals surface area contributed by atoms with Crippen molar-refractivity contribution in [2.45, 2.75) is 25.3 Å². The van der Waals surface area contributed by atoms with Gasteiger partial charge in [-0.1, -0.05) is 23.2 Å². The Morgan fingerprint density at radius 3 is 2.57 bits per heavy atom. The van der Waals surface area contributed by atoms with Gasteiger partial charge in [-0.2, -0.15) is 5.10 Å². The summed E-state index contributed by atoms with van der Waals surface area (Å²) in [5.41, 5.74) is 1.88. The van der Waals surface area contributed by atoms with Crippen LogP contribution in [0.15, 0.2) is 60.9 Å². The largest absolute Gasteiger partial charge is 0.327 e. The lowest BCUT2D eigenvalue weighted by atomic mass is 9.99. The topological polar surface area (TPSA) is 67.2 Å². The van der Waals surface area contributed by atoms with E-state index >= 15 is 0 Å². The van der Waals surface area contributed by atoms with Gasteiger partial charge in [0, 0.05) is 29.5 Å². The minimum atomic E-state index is -0.552. The number of anilines is 1. The van der Waals surface area contributed by atoms with E-state index in [4.69, 9.17) is 23.2 Å². The van der Waals surface area contributed by atoms with Crippen LogP contribution in [0.4, 0.5) is 5.69 Å². The van der Waals surface area contributed by atoms with Crippen LogP contribution in [0.5, 0.6) is 0 Å². The number of halogens is 2. The monoisotopic (exact) mass is 442 g/mol. The van der Waals surface area contributed by atoms with Crippen LogP contribution in [-0.2, 0) is 4.79 Å². The van der Waals surface area contributed by atoms with Crippen LogP contribution < -0.4 is 5.32 Å². The third-order valence-corrected chi connectivity index (χ3v) is 5.69. The Bertz CT molecular complexity index is 1050. The minimum absolute atomic E-state index is 0.163. The fraction of sp³-hybridized carbons (Fsp3) is 0.227. The van der Waals surface area contributed by atoms with E-state index in [0.29, 0.717) is 34.3 Å². The van der Waals surface area contributed by atoms with Crippen molar-refractivity contribution < 1.29 is 9.59 Å². The molecule has 4 rings (SSSR count). The van der Waals surface area contributed by atoms with E-state index in [1.807, 2.05) is 24.4 Å². The van der Waals surface area contributed by atoms with E-state index in [1.54, 1.807) is 46.1 Å². The second-order valence-electron chi connectivity index (χ2n) is 7.12. The van der Waals surface area contributed by atoms with Gasteiger partial charge < -0.3 is 10.2 Å². The predicted octanol–water partition coefficient (Wildman–Crippen LogP) is 4.81. The van der Waals surface area contributed by atoms with Gasteiger partial charge in [0.15, 0.2) is 0 Å². The number of benzene rings is 2.